The van der Waals surface area contributed by atoms with Crippen molar-refractivity contribution in [3.05, 3.63) is 85.1 Å². The van der Waals surface area contributed by atoms with Gasteiger partial charge < -0.3 is 14.2 Å². The van der Waals surface area contributed by atoms with Crippen molar-refractivity contribution in [1.82, 2.24) is 0 Å². The summed E-state index contributed by atoms with van der Waals surface area (Å²) >= 11 is 0. The van der Waals surface area contributed by atoms with Gasteiger partial charge in [0.2, 0.25) is 0 Å². The fraction of sp³-hybridized carbons (Fsp3) is 0.773. The van der Waals surface area contributed by atoms with Crippen LogP contribution in [-0.2, 0) is 28.6 Å². The van der Waals surface area contributed by atoms with Crippen molar-refractivity contribution < 1.29 is 28.6 Å². The highest BCUT2D eigenvalue weighted by atomic mass is 16.6. The van der Waals surface area contributed by atoms with E-state index < -0.39 is 6.10 Å². The van der Waals surface area contributed by atoms with Gasteiger partial charge in [-0.1, -0.05) is 305 Å². The Hall–Kier alpha value is -3.41. The Labute approximate surface area is 503 Å². The summed E-state index contributed by atoms with van der Waals surface area (Å²) in [6.45, 7) is 6.54. The number of rotatable bonds is 64. The number of hydrogen-bond acceptors (Lipinski definition) is 6. The van der Waals surface area contributed by atoms with Crippen LogP contribution in [0, 0.1) is 0 Å². The Morgan fingerprint density at radius 2 is 0.481 bits per heavy atom. The molecule has 6 nitrogen and oxygen atoms in total. The zero-order chi connectivity index (χ0) is 58.5. The Morgan fingerprint density at radius 1 is 0.259 bits per heavy atom. The van der Waals surface area contributed by atoms with Crippen LogP contribution in [-0.4, -0.2) is 37.2 Å². The normalized spacial score (nSPS) is 12.6. The third-order valence-corrected chi connectivity index (χ3v) is 15.4. The van der Waals surface area contributed by atoms with Crippen LogP contribution in [0.25, 0.3) is 0 Å². The molecule has 0 aliphatic rings. The molecule has 0 rings (SSSR count). The molecular formula is C75H132O6. The molecule has 0 aromatic carbocycles. The molecule has 1 unspecified atom stereocenters. The molecule has 6 heteroatoms. The maximum absolute atomic E-state index is 12.9. The summed E-state index contributed by atoms with van der Waals surface area (Å²) in [4.78, 5) is 38.4. The van der Waals surface area contributed by atoms with Crippen molar-refractivity contribution >= 4 is 17.9 Å². The van der Waals surface area contributed by atoms with Gasteiger partial charge in [-0.2, -0.15) is 0 Å². The summed E-state index contributed by atoms with van der Waals surface area (Å²) in [6, 6.07) is 0. The molecule has 0 N–H and O–H groups in total. The molecule has 0 saturated heterocycles. The second kappa shape index (κ2) is 69.1. The van der Waals surface area contributed by atoms with Crippen molar-refractivity contribution in [2.24, 2.45) is 0 Å². The molecule has 81 heavy (non-hydrogen) atoms. The first-order chi connectivity index (χ1) is 40.0. The van der Waals surface area contributed by atoms with Crippen molar-refractivity contribution in [3.8, 4) is 0 Å². The number of carbonyl (C=O) groups is 3. The van der Waals surface area contributed by atoms with Crippen LogP contribution >= 0.6 is 0 Å². The highest BCUT2D eigenvalue weighted by Crippen LogP contribution is 2.17. The highest BCUT2D eigenvalue weighted by molar-refractivity contribution is 5.71. The van der Waals surface area contributed by atoms with Crippen molar-refractivity contribution in [2.75, 3.05) is 13.2 Å². The predicted octanol–water partition coefficient (Wildman–Crippen LogP) is 24.2. The van der Waals surface area contributed by atoms with Crippen LogP contribution < -0.4 is 0 Å². The molecule has 0 radical (unpaired) electrons. The zero-order valence-corrected chi connectivity index (χ0v) is 53.8. The minimum Gasteiger partial charge on any atom is -0.462 e. The molecule has 0 bridgehead atoms. The van der Waals surface area contributed by atoms with Crippen molar-refractivity contribution in [1.29, 1.82) is 0 Å². The van der Waals surface area contributed by atoms with Gasteiger partial charge in [0.05, 0.1) is 0 Å². The van der Waals surface area contributed by atoms with E-state index in [0.29, 0.717) is 19.3 Å². The fourth-order valence-electron chi connectivity index (χ4n) is 10.1. The Morgan fingerprint density at radius 3 is 0.778 bits per heavy atom. The quantitative estimate of drug-likeness (QED) is 0.0261. The average Bonchev–Trinajstić information content (AvgIpc) is 3.46. The summed E-state index contributed by atoms with van der Waals surface area (Å²) in [5, 5.41) is 0. The lowest BCUT2D eigenvalue weighted by Crippen LogP contribution is -2.30. The second-order valence-corrected chi connectivity index (χ2v) is 23.4. The van der Waals surface area contributed by atoms with E-state index in [2.05, 4.69) is 106 Å². The van der Waals surface area contributed by atoms with E-state index in [1.165, 1.54) is 218 Å². The first kappa shape index (κ1) is 77.6. The van der Waals surface area contributed by atoms with Gasteiger partial charge in [0.15, 0.2) is 6.10 Å². The van der Waals surface area contributed by atoms with Crippen LogP contribution in [0.15, 0.2) is 85.1 Å². The van der Waals surface area contributed by atoms with Crippen molar-refractivity contribution in [2.45, 2.75) is 361 Å². The molecule has 0 aliphatic heterocycles. The maximum atomic E-state index is 12.9. The summed E-state index contributed by atoms with van der Waals surface area (Å²) in [5.41, 5.74) is 0. The zero-order valence-electron chi connectivity index (χ0n) is 53.8. The summed E-state index contributed by atoms with van der Waals surface area (Å²) in [7, 11) is 0. The van der Waals surface area contributed by atoms with E-state index in [1.807, 2.05) is 0 Å². The number of esters is 3. The molecular weight excluding hydrogens is 997 g/mol. The summed E-state index contributed by atoms with van der Waals surface area (Å²) in [5.74, 6) is -0.870. The van der Waals surface area contributed by atoms with E-state index in [0.717, 1.165) is 96.3 Å². The Balaban J connectivity index is 4.21. The van der Waals surface area contributed by atoms with Gasteiger partial charge in [-0.15, -0.1) is 0 Å². The second-order valence-electron chi connectivity index (χ2n) is 23.4. The van der Waals surface area contributed by atoms with Gasteiger partial charge in [-0.3, -0.25) is 14.4 Å². The first-order valence-corrected chi connectivity index (χ1v) is 35.1. The fourth-order valence-corrected chi connectivity index (χ4v) is 10.1. The maximum Gasteiger partial charge on any atom is 0.306 e. The van der Waals surface area contributed by atoms with Crippen LogP contribution in [0.2, 0.25) is 0 Å². The van der Waals surface area contributed by atoms with Gasteiger partial charge in [-0.25, -0.2) is 0 Å². The van der Waals surface area contributed by atoms with Gasteiger partial charge >= 0.3 is 17.9 Å². The van der Waals surface area contributed by atoms with E-state index in [-0.39, 0.29) is 31.1 Å². The Kier molecular flexibility index (Phi) is 66.2. The van der Waals surface area contributed by atoms with Crippen molar-refractivity contribution in [3.63, 3.8) is 0 Å². The average molecular weight is 1130 g/mol. The van der Waals surface area contributed by atoms with Gasteiger partial charge in [0, 0.05) is 19.3 Å². The number of hydrogen-bond donors (Lipinski definition) is 0. The third-order valence-electron chi connectivity index (χ3n) is 15.4. The van der Waals surface area contributed by atoms with Crippen LogP contribution in [0.5, 0.6) is 0 Å². The molecule has 0 aromatic rings. The molecule has 0 saturated carbocycles. The lowest BCUT2D eigenvalue weighted by molar-refractivity contribution is -0.167. The molecule has 0 spiro atoms. The minimum absolute atomic E-state index is 0.0764. The van der Waals surface area contributed by atoms with Crippen LogP contribution in [0.4, 0.5) is 0 Å². The Bertz CT molecular complexity index is 1530. The molecule has 1 atom stereocenters. The van der Waals surface area contributed by atoms with E-state index >= 15 is 0 Å². The molecule has 0 aliphatic carbocycles. The molecule has 468 valence electrons. The predicted molar refractivity (Wildman–Crippen MR) is 353 cm³/mol. The number of ether oxygens (including phenoxy) is 3. The summed E-state index contributed by atoms with van der Waals surface area (Å²) < 4.78 is 17.0. The van der Waals surface area contributed by atoms with E-state index in [9.17, 15) is 14.4 Å². The first-order valence-electron chi connectivity index (χ1n) is 35.1. The van der Waals surface area contributed by atoms with Crippen LogP contribution in [0.3, 0.4) is 0 Å². The topological polar surface area (TPSA) is 78.9 Å². The van der Waals surface area contributed by atoms with Crippen LogP contribution in [0.1, 0.15) is 355 Å². The number of allylic oxidation sites excluding steroid dienone is 14. The molecule has 0 fully saturated rings. The molecule has 0 amide bonds. The highest BCUT2D eigenvalue weighted by Gasteiger charge is 2.19. The summed E-state index contributed by atoms with van der Waals surface area (Å²) in [6.07, 6.45) is 91.8. The SMILES string of the molecule is CC/C=C\C/C=C\C/C=C\C/C=C\C/C=C\CCCCCCCCCCCCCCCCCC(=O)OCC(COC(=O)CCCCCCC/C=C\CCCCCC)OC(=O)CCCCCCCCCCC/C=C\CCCCCCCC. The van der Waals surface area contributed by atoms with Gasteiger partial charge in [0.1, 0.15) is 13.2 Å². The van der Waals surface area contributed by atoms with E-state index in [1.54, 1.807) is 0 Å². The third kappa shape index (κ3) is 67.3. The lowest BCUT2D eigenvalue weighted by Gasteiger charge is -2.18. The smallest absolute Gasteiger partial charge is 0.306 e. The van der Waals surface area contributed by atoms with Gasteiger partial charge in [-0.05, 0) is 116 Å². The molecule has 0 aromatic heterocycles. The monoisotopic (exact) mass is 1130 g/mol. The minimum atomic E-state index is -0.780. The standard InChI is InChI=1S/C75H132O6/c1-4-7-10-13-16-19-22-25-27-29-31-32-33-34-35-36-37-38-39-40-41-42-44-45-47-50-53-56-59-62-65-68-74(77)80-71-72(70-79-73(76)67-64-61-58-55-52-49-24-21-18-15-12-9-6-3)81-75(78)69-66-63-60-57-54-51-48-46-43-30-28-26-23-20-17-14-11-8-5-2/h7,10,16,19,21,24-28,31-32,34-35,72H,4-6,8-9,11-15,17-18,20,22-23,29-30,33,36-71H2,1-3H3/b10-7-,19-16-,24-21-,27-25-,28-26-,32-31-,35-34-. The number of unbranched alkanes of at least 4 members (excludes halogenated alkanes) is 39. The number of carbonyl (C=O) groups excluding carboxylic acids is 3. The largest absolute Gasteiger partial charge is 0.462 e. The van der Waals surface area contributed by atoms with E-state index in [4.69, 9.17) is 14.2 Å². The van der Waals surface area contributed by atoms with Gasteiger partial charge in [0.25, 0.3) is 0 Å². The molecule has 0 heterocycles. The lowest BCUT2D eigenvalue weighted by atomic mass is 10.0.